The largest absolute Gasteiger partial charge is 0.458 e. The number of benzene rings is 2. The monoisotopic (exact) mass is 306 g/mol. The van der Waals surface area contributed by atoms with Crippen molar-refractivity contribution in [2.24, 2.45) is 0 Å². The van der Waals surface area contributed by atoms with Crippen LogP contribution in [-0.2, 0) is 0 Å². The Morgan fingerprint density at radius 3 is 1.70 bits per heavy atom. The Bertz CT molecular complexity index is 463. The van der Waals surface area contributed by atoms with Crippen LogP contribution in [0.1, 0.15) is 12.8 Å². The quantitative estimate of drug-likeness (QED) is 0.444. The number of para-hydroxylation sites is 2. The molecule has 2 rings (SSSR count). The van der Waals surface area contributed by atoms with Crippen molar-refractivity contribution in [3.05, 3.63) is 60.7 Å². The minimum absolute atomic E-state index is 0.586. The van der Waals surface area contributed by atoms with Gasteiger partial charge in [-0.05, 0) is 30.7 Å². The van der Waals surface area contributed by atoms with E-state index in [-0.39, 0.29) is 0 Å². The van der Waals surface area contributed by atoms with Crippen molar-refractivity contribution >= 4 is 21.8 Å². The highest BCUT2D eigenvalue weighted by Crippen LogP contribution is 2.24. The number of halogens is 1. The molecule has 0 aliphatic heterocycles. The minimum atomic E-state index is -0.586. The van der Waals surface area contributed by atoms with Gasteiger partial charge >= 0.3 is 0 Å². The molecule has 0 saturated heterocycles. The summed E-state index contributed by atoms with van der Waals surface area (Å²) in [7, 11) is 0.749. The van der Waals surface area contributed by atoms with Gasteiger partial charge in [0.25, 0.3) is 0 Å². The second-order valence-electron chi connectivity index (χ2n) is 4.76. The van der Waals surface area contributed by atoms with Crippen LogP contribution >= 0.6 is 11.6 Å². The van der Waals surface area contributed by atoms with Gasteiger partial charge in [0.2, 0.25) is 5.41 Å². The maximum atomic E-state index is 6.09. The Morgan fingerprint density at radius 2 is 1.30 bits per heavy atom. The molecule has 0 amide bonds. The first-order valence-electron chi connectivity index (χ1n) is 6.76. The van der Waals surface area contributed by atoms with Gasteiger partial charge in [-0.3, -0.25) is 0 Å². The summed E-state index contributed by atoms with van der Waals surface area (Å²) < 4.78 is 12.2. The molecule has 0 unspecified atom stereocenters. The van der Waals surface area contributed by atoms with Crippen LogP contribution in [-0.4, -0.2) is 21.5 Å². The average molecular weight is 307 g/mol. The van der Waals surface area contributed by atoms with Crippen molar-refractivity contribution in [1.29, 1.82) is 0 Å². The van der Waals surface area contributed by atoms with E-state index in [9.17, 15) is 0 Å². The summed E-state index contributed by atoms with van der Waals surface area (Å²) >= 11 is 5.82. The van der Waals surface area contributed by atoms with Gasteiger partial charge in [0.15, 0.2) is 0 Å². The Hall–Kier alpha value is -1.45. The number of hydrogen-bond acceptors (Lipinski definition) is 2. The van der Waals surface area contributed by atoms with Gasteiger partial charge < -0.3 is 9.47 Å². The molecule has 4 heteroatoms. The van der Waals surface area contributed by atoms with E-state index in [4.69, 9.17) is 21.1 Å². The Labute approximate surface area is 128 Å². The first-order valence-corrected chi connectivity index (χ1v) is 8.29. The molecule has 2 aromatic rings. The first kappa shape index (κ1) is 14.9. The molecule has 2 nitrogen and oxygen atoms in total. The van der Waals surface area contributed by atoms with Gasteiger partial charge in [0.1, 0.15) is 21.7 Å². The summed E-state index contributed by atoms with van der Waals surface area (Å²) in [5, 5.41) is 0. The molecule has 0 aromatic heterocycles. The van der Waals surface area contributed by atoms with Crippen LogP contribution in [0.25, 0.3) is 0 Å². The highest BCUT2D eigenvalue weighted by atomic mass is 35.5. The zero-order chi connectivity index (χ0) is 14.3. The van der Waals surface area contributed by atoms with Gasteiger partial charge in [0.05, 0.1) is 0 Å². The summed E-state index contributed by atoms with van der Waals surface area (Å²) in [6.45, 7) is 0. The smallest absolute Gasteiger partial charge is 0.218 e. The minimum Gasteiger partial charge on any atom is -0.458 e. The molecule has 0 saturated carbocycles. The van der Waals surface area contributed by atoms with E-state index in [0.717, 1.165) is 34.6 Å². The molecule has 20 heavy (non-hydrogen) atoms. The van der Waals surface area contributed by atoms with Crippen LogP contribution < -0.4 is 9.47 Å². The molecule has 106 valence electrons. The second kappa shape index (κ2) is 7.36. The average Bonchev–Trinajstić information content (AvgIpc) is 2.47. The molecule has 0 N–H and O–H groups in total. The van der Waals surface area contributed by atoms with Crippen molar-refractivity contribution in [3.63, 3.8) is 0 Å². The normalized spacial score (nSPS) is 11.2. The standard InChI is InChI=1S/C16H19ClO2Si/c17-13-7-12-16(20,18-14-8-3-1-4-9-14)19-15-10-5-2-6-11-15/h1-6,8-11H,7,12-13H2,20H3. The van der Waals surface area contributed by atoms with Crippen LogP contribution in [0.2, 0.25) is 0 Å². The van der Waals surface area contributed by atoms with Crippen molar-refractivity contribution in [1.82, 2.24) is 0 Å². The molecule has 0 bridgehead atoms. The van der Waals surface area contributed by atoms with E-state index in [2.05, 4.69) is 0 Å². The Kier molecular flexibility index (Phi) is 5.50. The summed E-state index contributed by atoms with van der Waals surface area (Å²) in [6, 6.07) is 19.6. The summed E-state index contributed by atoms with van der Waals surface area (Å²) in [6.07, 6.45) is 1.65. The Morgan fingerprint density at radius 1 is 0.850 bits per heavy atom. The number of alkyl halides is 1. The van der Waals surface area contributed by atoms with Crippen molar-refractivity contribution < 1.29 is 9.47 Å². The lowest BCUT2D eigenvalue weighted by Gasteiger charge is -2.32. The molecular weight excluding hydrogens is 288 g/mol. The van der Waals surface area contributed by atoms with E-state index >= 15 is 0 Å². The highest BCUT2D eigenvalue weighted by Gasteiger charge is 2.27. The Balaban J connectivity index is 2.12. The third kappa shape index (κ3) is 4.58. The lowest BCUT2D eigenvalue weighted by atomic mass is 10.3. The zero-order valence-electron chi connectivity index (χ0n) is 11.6. The van der Waals surface area contributed by atoms with Gasteiger partial charge in [-0.25, -0.2) is 0 Å². The van der Waals surface area contributed by atoms with E-state index in [1.54, 1.807) is 0 Å². The second-order valence-corrected chi connectivity index (χ2v) is 6.66. The summed E-state index contributed by atoms with van der Waals surface area (Å²) in [5.74, 6) is 2.27. The molecule has 0 aliphatic carbocycles. The number of ether oxygens (including phenoxy) is 2. The molecular formula is C16H19ClO2Si. The molecule has 0 atom stereocenters. The fourth-order valence-electron chi connectivity index (χ4n) is 1.99. The van der Waals surface area contributed by atoms with Gasteiger partial charge in [-0.15, -0.1) is 11.6 Å². The highest BCUT2D eigenvalue weighted by molar-refractivity contribution is 6.18. The zero-order valence-corrected chi connectivity index (χ0v) is 14.3. The third-order valence-corrected chi connectivity index (χ3v) is 4.09. The third-order valence-electron chi connectivity index (χ3n) is 2.92. The topological polar surface area (TPSA) is 18.5 Å². The van der Waals surface area contributed by atoms with Crippen molar-refractivity contribution in [3.8, 4) is 11.5 Å². The SMILES string of the molecule is [SiH3]C(CCCCl)(Oc1ccccc1)Oc1ccccc1. The van der Waals surface area contributed by atoms with Crippen LogP contribution in [0.5, 0.6) is 11.5 Å². The van der Waals surface area contributed by atoms with E-state index in [1.807, 2.05) is 60.7 Å². The molecule has 0 fully saturated rings. The van der Waals surface area contributed by atoms with E-state index in [1.165, 1.54) is 0 Å². The van der Waals surface area contributed by atoms with E-state index in [0.29, 0.717) is 5.88 Å². The summed E-state index contributed by atoms with van der Waals surface area (Å²) in [5.41, 5.74) is -0.586. The lowest BCUT2D eigenvalue weighted by molar-refractivity contribution is -0.0449. The predicted molar refractivity (Wildman–Crippen MR) is 86.8 cm³/mol. The fourth-order valence-corrected chi connectivity index (χ4v) is 2.95. The number of hydrogen-bond donors (Lipinski definition) is 0. The molecule has 0 aliphatic rings. The molecule has 0 radical (unpaired) electrons. The van der Waals surface area contributed by atoms with E-state index < -0.39 is 5.41 Å². The predicted octanol–water partition coefficient (Wildman–Crippen LogP) is 3.18. The summed E-state index contributed by atoms with van der Waals surface area (Å²) in [4.78, 5) is 0. The van der Waals surface area contributed by atoms with Gasteiger partial charge in [-0.1, -0.05) is 36.4 Å². The molecule has 2 aromatic carbocycles. The molecule has 0 spiro atoms. The van der Waals surface area contributed by atoms with Crippen molar-refractivity contribution in [2.45, 2.75) is 18.3 Å². The van der Waals surface area contributed by atoms with Crippen LogP contribution in [0.15, 0.2) is 60.7 Å². The van der Waals surface area contributed by atoms with Crippen molar-refractivity contribution in [2.75, 3.05) is 5.88 Å². The van der Waals surface area contributed by atoms with Crippen LogP contribution in [0.3, 0.4) is 0 Å². The van der Waals surface area contributed by atoms with Gasteiger partial charge in [0, 0.05) is 12.3 Å². The van der Waals surface area contributed by atoms with Gasteiger partial charge in [-0.2, -0.15) is 0 Å². The van der Waals surface area contributed by atoms with Crippen LogP contribution in [0.4, 0.5) is 0 Å². The van der Waals surface area contributed by atoms with Crippen LogP contribution in [0, 0.1) is 0 Å². The first-order chi connectivity index (χ1) is 9.72. The molecule has 0 heterocycles. The number of rotatable bonds is 7. The maximum absolute atomic E-state index is 6.09. The lowest BCUT2D eigenvalue weighted by Crippen LogP contribution is -2.43. The maximum Gasteiger partial charge on any atom is 0.218 e. The fraction of sp³-hybridized carbons (Fsp3) is 0.250.